The largest absolute Gasteiger partial charge is 0.469 e. The molecule has 0 fully saturated rings. The zero-order valence-electron chi connectivity index (χ0n) is 25.2. The molecule has 0 aromatic heterocycles. The average Bonchev–Trinajstić information content (AvgIpc) is 2.85. The second-order valence-corrected chi connectivity index (χ2v) is 13.3. The number of phosphoric acid groups is 3. The van der Waals surface area contributed by atoms with Gasteiger partial charge in [-0.15, -0.1) is 0 Å². The van der Waals surface area contributed by atoms with Gasteiger partial charge in [0.2, 0.25) is 0 Å². The van der Waals surface area contributed by atoms with E-state index in [0.29, 0.717) is 5.82 Å². The van der Waals surface area contributed by atoms with Crippen LogP contribution in [0.5, 0.6) is 0 Å². The van der Waals surface area contributed by atoms with Crippen molar-refractivity contribution >= 4 is 49.0 Å². The van der Waals surface area contributed by atoms with E-state index in [1.54, 1.807) is 0 Å². The minimum Gasteiger partial charge on any atom is -0.460 e. The number of carbonyl (C=O) groups excluding carboxylic acids is 3. The SMILES string of the molecule is C.C.C.C.C=C(C)C(=O)OCC(C)OP(=O)(O)O.C=C(C)C(=O)OCCOP(=O)(O)O.C=C(C)C(=O)OCCOP(=O)(O)O.C=CP(=O)(O)O. The van der Waals surface area contributed by atoms with Crippen molar-refractivity contribution in [3.05, 3.63) is 48.9 Å². The van der Waals surface area contributed by atoms with E-state index < -0.39 is 55.1 Å². The second-order valence-electron chi connectivity index (χ2n) is 8.04. The predicted octanol–water partition coefficient (Wildman–Crippen LogP) is 3.89. The first-order valence-corrected chi connectivity index (χ1v) is 18.0. The summed E-state index contributed by atoms with van der Waals surface area (Å²) in [6, 6.07) is 0. The normalized spacial score (nSPS) is 10.8. The molecule has 0 radical (unpaired) electrons. The number of carbonyl (C=O) groups is 3. The van der Waals surface area contributed by atoms with Crippen molar-refractivity contribution < 1.29 is 99.6 Å². The Labute approximate surface area is 293 Å². The van der Waals surface area contributed by atoms with Crippen molar-refractivity contribution in [1.82, 2.24) is 0 Å². The Kier molecular flexibility index (Phi) is 43.3. The lowest BCUT2D eigenvalue weighted by atomic mass is 10.3. The van der Waals surface area contributed by atoms with E-state index >= 15 is 0 Å². The lowest BCUT2D eigenvalue weighted by Gasteiger charge is -2.13. The Morgan fingerprint density at radius 1 is 0.580 bits per heavy atom. The van der Waals surface area contributed by atoms with Gasteiger partial charge in [0.1, 0.15) is 25.9 Å². The summed E-state index contributed by atoms with van der Waals surface area (Å²) in [5.41, 5.74) is 0.653. The molecule has 302 valence electrons. The summed E-state index contributed by atoms with van der Waals surface area (Å²) < 4.78 is 66.0. The molecule has 0 saturated carbocycles. The fourth-order valence-corrected chi connectivity index (χ4v) is 2.56. The average molecular weight is 817 g/mol. The highest BCUT2D eigenvalue weighted by molar-refractivity contribution is 7.55. The third kappa shape index (κ3) is 61.1. The third-order valence-corrected chi connectivity index (χ3v) is 5.35. The highest BCUT2D eigenvalue weighted by Gasteiger charge is 2.20. The minimum atomic E-state index is -4.52. The van der Waals surface area contributed by atoms with Crippen LogP contribution in [0.2, 0.25) is 0 Å². The van der Waals surface area contributed by atoms with E-state index in [2.05, 4.69) is 54.1 Å². The second kappa shape index (κ2) is 32.7. The fraction of sp³-hybridized carbons (Fsp3) is 0.560. The molecule has 0 bridgehead atoms. The van der Waals surface area contributed by atoms with Gasteiger partial charge in [-0.3, -0.25) is 18.1 Å². The predicted molar refractivity (Wildman–Crippen MR) is 185 cm³/mol. The molecule has 0 aliphatic carbocycles. The van der Waals surface area contributed by atoms with Gasteiger partial charge in [0, 0.05) is 22.5 Å². The molecule has 21 nitrogen and oxygen atoms in total. The van der Waals surface area contributed by atoms with E-state index in [1.807, 2.05) is 0 Å². The van der Waals surface area contributed by atoms with Crippen LogP contribution in [0.3, 0.4) is 0 Å². The van der Waals surface area contributed by atoms with Gasteiger partial charge in [-0.05, 0) is 27.7 Å². The molecule has 25 heteroatoms. The van der Waals surface area contributed by atoms with Gasteiger partial charge < -0.3 is 53.4 Å². The van der Waals surface area contributed by atoms with Crippen molar-refractivity contribution in [2.45, 2.75) is 63.5 Å². The Balaban J connectivity index is -0.0000000786. The van der Waals surface area contributed by atoms with Gasteiger partial charge in [-0.1, -0.05) is 56.0 Å². The molecule has 0 aliphatic heterocycles. The zero-order valence-corrected chi connectivity index (χ0v) is 28.8. The number of phosphoric ester groups is 3. The number of ether oxygens (including phenoxy) is 3. The topological polar surface area (TPSA) is 337 Å². The molecule has 0 aromatic rings. The van der Waals surface area contributed by atoms with Gasteiger partial charge in [-0.2, -0.15) is 0 Å². The van der Waals surface area contributed by atoms with Crippen molar-refractivity contribution in [2.24, 2.45) is 0 Å². The van der Waals surface area contributed by atoms with E-state index in [4.69, 9.17) is 39.1 Å². The fourth-order valence-electron chi connectivity index (χ4n) is 1.41. The van der Waals surface area contributed by atoms with Crippen LogP contribution in [0.15, 0.2) is 48.9 Å². The summed E-state index contributed by atoms with van der Waals surface area (Å²) in [5, 5.41) is 0. The molecular weight excluding hydrogens is 760 g/mol. The van der Waals surface area contributed by atoms with E-state index in [1.165, 1.54) is 27.7 Å². The van der Waals surface area contributed by atoms with E-state index in [9.17, 15) is 32.6 Å². The third-order valence-electron chi connectivity index (χ3n) is 3.20. The summed E-state index contributed by atoms with van der Waals surface area (Å²) in [4.78, 5) is 97.6. The molecular formula is C25H56O21P4. The first kappa shape index (κ1) is 66.1. The van der Waals surface area contributed by atoms with Crippen LogP contribution < -0.4 is 0 Å². The Bertz CT molecular complexity index is 1160. The molecule has 0 spiro atoms. The molecule has 0 aliphatic rings. The van der Waals surface area contributed by atoms with Gasteiger partial charge in [-0.25, -0.2) is 28.1 Å². The quantitative estimate of drug-likeness (QED) is 0.0360. The maximum absolute atomic E-state index is 10.8. The van der Waals surface area contributed by atoms with Crippen molar-refractivity contribution in [3.8, 4) is 0 Å². The molecule has 0 amide bonds. The molecule has 0 aromatic carbocycles. The first-order valence-electron chi connectivity index (χ1n) is 11.7. The smallest absolute Gasteiger partial charge is 0.460 e. The van der Waals surface area contributed by atoms with Crippen molar-refractivity contribution in [3.63, 3.8) is 0 Å². The number of esters is 3. The summed E-state index contributed by atoms with van der Waals surface area (Å²) in [6.07, 6.45) is -0.862. The summed E-state index contributed by atoms with van der Waals surface area (Å²) in [6.45, 7) is 17.3. The summed E-state index contributed by atoms with van der Waals surface area (Å²) in [7, 11) is -17.3. The Morgan fingerprint density at radius 3 is 1.04 bits per heavy atom. The van der Waals surface area contributed by atoms with Crippen LogP contribution >= 0.6 is 31.1 Å². The number of rotatable bonds is 16. The highest BCUT2D eigenvalue weighted by Crippen LogP contribution is 2.37. The van der Waals surface area contributed by atoms with E-state index in [0.717, 1.165) is 0 Å². The van der Waals surface area contributed by atoms with Crippen molar-refractivity contribution in [1.29, 1.82) is 0 Å². The zero-order chi connectivity index (χ0) is 37.5. The minimum absolute atomic E-state index is 0. The van der Waals surface area contributed by atoms with Crippen LogP contribution in [0, 0.1) is 0 Å². The van der Waals surface area contributed by atoms with E-state index in [-0.39, 0.29) is 79.5 Å². The summed E-state index contributed by atoms with van der Waals surface area (Å²) >= 11 is 0. The molecule has 0 heterocycles. The Hall–Kier alpha value is -2.15. The van der Waals surface area contributed by atoms with Crippen LogP contribution in [0.25, 0.3) is 0 Å². The molecule has 1 atom stereocenters. The van der Waals surface area contributed by atoms with Crippen LogP contribution in [-0.4, -0.2) is 96.2 Å². The maximum atomic E-state index is 10.8. The molecule has 8 N–H and O–H groups in total. The molecule has 0 saturated heterocycles. The van der Waals surface area contributed by atoms with Crippen molar-refractivity contribution in [2.75, 3.05) is 33.0 Å². The monoisotopic (exact) mass is 816 g/mol. The molecule has 0 rings (SSSR count). The Morgan fingerprint density at radius 2 is 0.840 bits per heavy atom. The highest BCUT2D eigenvalue weighted by atomic mass is 31.2. The maximum Gasteiger partial charge on any atom is 0.469 e. The van der Waals surface area contributed by atoms with Gasteiger partial charge in [0.25, 0.3) is 0 Å². The lowest BCUT2D eigenvalue weighted by Crippen LogP contribution is -2.18. The van der Waals surface area contributed by atoms with Gasteiger partial charge in [0.05, 0.1) is 13.2 Å². The first-order chi connectivity index (χ1) is 20.4. The van der Waals surface area contributed by atoms with Gasteiger partial charge in [0.15, 0.2) is 0 Å². The van der Waals surface area contributed by atoms with Crippen LogP contribution in [0.1, 0.15) is 57.4 Å². The summed E-state index contributed by atoms with van der Waals surface area (Å²) in [5.74, 6) is -1.25. The van der Waals surface area contributed by atoms with Gasteiger partial charge >= 0.3 is 49.0 Å². The number of hydrogen-bond donors (Lipinski definition) is 8. The van der Waals surface area contributed by atoms with Crippen LogP contribution in [0.4, 0.5) is 0 Å². The lowest BCUT2D eigenvalue weighted by molar-refractivity contribution is -0.141. The number of hydrogen-bond acceptors (Lipinski definition) is 13. The molecule has 1 unspecified atom stereocenters. The molecule has 50 heavy (non-hydrogen) atoms. The standard InChI is InChI=1S/C7H13O6P.2C6H11O6P.C2H5O3P.4CH4/c1-5(2)7(8)12-4-6(3)13-14(9,10)11;2*1-5(2)6(7)11-3-4-12-13(8,9)10;1-2-6(3,4)5;;;;/h6H,1,4H2,2-3H3,(H2,9,10,11);2*1,3-4H2,2H3,(H2,8,9,10);2H,1H2,(H2,3,4,5);4*1H4. The van der Waals surface area contributed by atoms with Crippen LogP contribution in [-0.2, 0) is 60.4 Å².